The number of nitrogens with zero attached hydrogens (tertiary/aromatic N) is 5. The highest BCUT2D eigenvalue weighted by Crippen LogP contribution is 2.46. The van der Waals surface area contributed by atoms with E-state index in [2.05, 4.69) is 20.1 Å². The van der Waals surface area contributed by atoms with Gasteiger partial charge in [-0.1, -0.05) is 40.5 Å². The van der Waals surface area contributed by atoms with Crippen molar-refractivity contribution in [2.24, 2.45) is 0 Å². The van der Waals surface area contributed by atoms with Gasteiger partial charge in [-0.25, -0.2) is 9.97 Å². The first-order chi connectivity index (χ1) is 16.0. The van der Waals surface area contributed by atoms with Gasteiger partial charge in [0, 0.05) is 29.6 Å². The van der Waals surface area contributed by atoms with Crippen LogP contribution in [-0.4, -0.2) is 38.5 Å². The number of Topliss-reactive ketones (excluding diaryl/α,β-unsaturated/α-hetero) is 1. The van der Waals surface area contributed by atoms with Gasteiger partial charge in [-0.05, 0) is 47.5 Å². The monoisotopic (exact) mass is 481 g/mol. The van der Waals surface area contributed by atoms with Gasteiger partial charge in [0.05, 0.1) is 13.0 Å². The van der Waals surface area contributed by atoms with Gasteiger partial charge in [-0.15, -0.1) is 0 Å². The first-order valence-corrected chi connectivity index (χ1v) is 10.8. The molecule has 2 aromatic heterocycles. The van der Waals surface area contributed by atoms with E-state index in [0.29, 0.717) is 17.3 Å². The van der Waals surface area contributed by atoms with Crippen LogP contribution in [0.15, 0.2) is 65.4 Å². The summed E-state index contributed by atoms with van der Waals surface area (Å²) in [5, 5.41) is 4.51. The van der Waals surface area contributed by atoms with Crippen LogP contribution in [-0.2, 0) is 6.54 Å². The largest absolute Gasteiger partial charge is 0.497 e. The van der Waals surface area contributed by atoms with E-state index in [4.69, 9.17) is 32.5 Å². The van der Waals surface area contributed by atoms with Crippen LogP contribution >= 0.6 is 23.2 Å². The molecule has 0 aliphatic carbocycles. The van der Waals surface area contributed by atoms with Crippen molar-refractivity contribution in [3.8, 4) is 17.4 Å². The summed E-state index contributed by atoms with van der Waals surface area (Å²) in [6.07, 6.45) is 3.12. The van der Waals surface area contributed by atoms with Crippen molar-refractivity contribution in [2.75, 3.05) is 12.0 Å². The van der Waals surface area contributed by atoms with E-state index in [0.717, 1.165) is 16.8 Å². The predicted molar refractivity (Wildman–Crippen MR) is 123 cm³/mol. The summed E-state index contributed by atoms with van der Waals surface area (Å²) in [6.45, 7) is 0.487. The van der Waals surface area contributed by atoms with Crippen LogP contribution in [0, 0.1) is 0 Å². The van der Waals surface area contributed by atoms with Crippen molar-refractivity contribution < 1.29 is 14.1 Å². The van der Waals surface area contributed by atoms with Crippen LogP contribution in [0.4, 0.5) is 5.69 Å². The van der Waals surface area contributed by atoms with Gasteiger partial charge in [-0.2, -0.15) is 4.98 Å². The van der Waals surface area contributed by atoms with Crippen molar-refractivity contribution in [3.05, 3.63) is 83.0 Å². The number of anilines is 1. The first-order valence-electron chi connectivity index (χ1n) is 10.0. The minimum Gasteiger partial charge on any atom is -0.497 e. The SMILES string of the molecule is COc1ccc2c(c1)C(C(=O)c1nc(-c3ncccn3)no1)C(Cl)N2Cc1ccc(Cl)cc1. The van der Waals surface area contributed by atoms with Crippen LogP contribution in [0.3, 0.4) is 0 Å². The quantitative estimate of drug-likeness (QED) is 0.221. The minimum absolute atomic E-state index is 0.131. The Balaban J connectivity index is 1.50. The standard InChI is InChI=1S/C23H17Cl2N5O3/c1-32-15-7-8-17-16(11-15)18(20(25)30(17)12-13-3-5-14(24)6-4-13)19(31)23-28-22(29-33-23)21-26-9-2-10-27-21/h2-11,18,20H,12H2,1H3. The highest BCUT2D eigenvalue weighted by atomic mass is 35.5. The van der Waals surface area contributed by atoms with Gasteiger partial charge in [-0.3, -0.25) is 4.79 Å². The smallest absolute Gasteiger partial charge is 0.295 e. The Kier molecular flexibility index (Phi) is 5.70. The summed E-state index contributed by atoms with van der Waals surface area (Å²) in [5.74, 6) is -0.276. The number of alkyl halides is 1. The summed E-state index contributed by atoms with van der Waals surface area (Å²) >= 11 is 12.9. The number of ether oxygens (including phenoxy) is 1. The van der Waals surface area contributed by atoms with E-state index in [-0.39, 0.29) is 17.5 Å². The van der Waals surface area contributed by atoms with Crippen LogP contribution in [0.1, 0.15) is 27.7 Å². The molecule has 0 fully saturated rings. The number of benzene rings is 2. The maximum atomic E-state index is 13.5. The molecule has 1 aliphatic heterocycles. The molecular formula is C23H17Cl2N5O3. The molecule has 8 nitrogen and oxygen atoms in total. The maximum Gasteiger partial charge on any atom is 0.295 e. The zero-order valence-corrected chi connectivity index (χ0v) is 18.9. The lowest BCUT2D eigenvalue weighted by molar-refractivity contribution is 0.0917. The second-order valence-electron chi connectivity index (χ2n) is 7.39. The lowest BCUT2D eigenvalue weighted by Gasteiger charge is -2.25. The molecule has 33 heavy (non-hydrogen) atoms. The van der Waals surface area contributed by atoms with E-state index < -0.39 is 17.2 Å². The molecule has 2 unspecified atom stereocenters. The zero-order chi connectivity index (χ0) is 22.9. The van der Waals surface area contributed by atoms with Crippen LogP contribution in [0.2, 0.25) is 5.02 Å². The molecule has 0 saturated heterocycles. The molecule has 0 N–H and O–H groups in total. The zero-order valence-electron chi connectivity index (χ0n) is 17.4. The molecule has 0 amide bonds. The number of aromatic nitrogens is 4. The van der Waals surface area contributed by atoms with Crippen molar-refractivity contribution in [1.29, 1.82) is 0 Å². The third-order valence-electron chi connectivity index (χ3n) is 5.40. The summed E-state index contributed by atoms with van der Waals surface area (Å²) in [7, 11) is 1.57. The molecule has 0 bridgehead atoms. The maximum absolute atomic E-state index is 13.5. The number of fused-ring (bicyclic) bond motifs is 1. The Morgan fingerprint density at radius 2 is 1.88 bits per heavy atom. The van der Waals surface area contributed by atoms with E-state index in [1.165, 1.54) is 0 Å². The number of carbonyl (C=O) groups is 1. The van der Waals surface area contributed by atoms with Gasteiger partial charge >= 0.3 is 0 Å². The molecule has 0 radical (unpaired) electrons. The normalized spacial score (nSPS) is 17.1. The minimum atomic E-state index is -0.742. The molecule has 4 aromatic rings. The number of carbonyl (C=O) groups excluding carboxylic acids is 1. The summed E-state index contributed by atoms with van der Waals surface area (Å²) in [5.41, 5.74) is 1.87. The number of hydrogen-bond donors (Lipinski definition) is 0. The molecule has 0 spiro atoms. The van der Waals surface area contributed by atoms with Gasteiger partial charge in [0.15, 0.2) is 0 Å². The number of ketones is 1. The lowest BCUT2D eigenvalue weighted by Crippen LogP contribution is -2.32. The molecule has 5 rings (SSSR count). The molecule has 3 heterocycles. The fourth-order valence-corrected chi connectivity index (χ4v) is 4.37. The fraction of sp³-hybridized carbons (Fsp3) is 0.174. The number of hydrogen-bond acceptors (Lipinski definition) is 8. The van der Waals surface area contributed by atoms with E-state index in [9.17, 15) is 4.79 Å². The molecular weight excluding hydrogens is 465 g/mol. The summed E-state index contributed by atoms with van der Waals surface area (Å²) in [6, 6.07) is 14.7. The predicted octanol–water partition coefficient (Wildman–Crippen LogP) is 4.74. The first kappa shape index (κ1) is 21.4. The van der Waals surface area contributed by atoms with Crippen LogP contribution in [0.5, 0.6) is 5.75 Å². The van der Waals surface area contributed by atoms with Crippen molar-refractivity contribution in [3.63, 3.8) is 0 Å². The Morgan fingerprint density at radius 3 is 2.61 bits per heavy atom. The molecule has 10 heteroatoms. The van der Waals surface area contributed by atoms with Crippen LogP contribution < -0.4 is 9.64 Å². The van der Waals surface area contributed by atoms with Crippen molar-refractivity contribution in [1.82, 2.24) is 20.1 Å². The summed E-state index contributed by atoms with van der Waals surface area (Å²) < 4.78 is 10.6. The highest BCUT2D eigenvalue weighted by Gasteiger charge is 2.44. The molecule has 166 valence electrons. The average molecular weight is 482 g/mol. The Bertz CT molecular complexity index is 1300. The Labute approximate surface area is 199 Å². The fourth-order valence-electron chi connectivity index (χ4n) is 3.82. The van der Waals surface area contributed by atoms with Crippen molar-refractivity contribution >= 4 is 34.7 Å². The van der Waals surface area contributed by atoms with Gasteiger partial charge in [0.2, 0.25) is 17.4 Å². The number of rotatable bonds is 6. The molecule has 0 saturated carbocycles. The van der Waals surface area contributed by atoms with E-state index in [1.54, 1.807) is 25.6 Å². The molecule has 2 aromatic carbocycles. The third kappa shape index (κ3) is 4.03. The van der Waals surface area contributed by atoms with Crippen LogP contribution in [0.25, 0.3) is 11.6 Å². The van der Waals surface area contributed by atoms with Gasteiger partial charge < -0.3 is 14.2 Å². The molecule has 2 atom stereocenters. The Morgan fingerprint density at radius 1 is 1.12 bits per heavy atom. The van der Waals surface area contributed by atoms with Gasteiger partial charge in [0.1, 0.15) is 11.3 Å². The van der Waals surface area contributed by atoms with E-state index in [1.807, 2.05) is 47.4 Å². The number of methoxy groups -OCH3 is 1. The topological polar surface area (TPSA) is 94.2 Å². The summed E-state index contributed by atoms with van der Waals surface area (Å²) in [4.78, 5) is 27.9. The lowest BCUT2D eigenvalue weighted by atomic mass is 9.96. The van der Waals surface area contributed by atoms with E-state index >= 15 is 0 Å². The van der Waals surface area contributed by atoms with Crippen molar-refractivity contribution in [2.45, 2.75) is 18.0 Å². The average Bonchev–Trinajstić information content (AvgIpc) is 3.44. The Hall–Kier alpha value is -3.49. The second kappa shape index (κ2) is 8.80. The number of halogens is 2. The van der Waals surface area contributed by atoms with Gasteiger partial charge in [0.25, 0.3) is 5.89 Å². The second-order valence-corrected chi connectivity index (χ2v) is 8.27. The molecule has 1 aliphatic rings. The highest BCUT2D eigenvalue weighted by molar-refractivity contribution is 6.30. The third-order valence-corrected chi connectivity index (χ3v) is 6.14.